The number of primary amides is 1. The molecule has 0 unspecified atom stereocenters. The van der Waals surface area contributed by atoms with Crippen LogP contribution in [-0.2, 0) is 0 Å². The Morgan fingerprint density at radius 1 is 1.10 bits per heavy atom. The highest BCUT2D eigenvalue weighted by atomic mass is 16.3. The van der Waals surface area contributed by atoms with Gasteiger partial charge in [0.15, 0.2) is 0 Å². The standard InChI is InChI=1S/C15H12N2O4/c16-13-8-5-4-7(6-11(8)21-14(13)15(17)20)12-9(18)2-1-3-10(12)19/h1-6,18-19H,16H2,(H2,17,20). The smallest absolute Gasteiger partial charge is 0.286 e. The molecule has 0 saturated heterocycles. The molecule has 3 aromatic rings. The molecule has 0 bridgehead atoms. The first kappa shape index (κ1) is 12.9. The summed E-state index contributed by atoms with van der Waals surface area (Å²) in [5.74, 6) is -0.993. The SMILES string of the molecule is NC(=O)c1oc2cc(-c3c(O)cccc3O)ccc2c1N. The van der Waals surface area contributed by atoms with Crippen molar-refractivity contribution in [2.45, 2.75) is 0 Å². The van der Waals surface area contributed by atoms with Gasteiger partial charge in [0.05, 0.1) is 11.3 Å². The molecule has 0 spiro atoms. The first-order chi connectivity index (χ1) is 9.99. The fraction of sp³-hybridized carbons (Fsp3) is 0. The van der Waals surface area contributed by atoms with Crippen LogP contribution in [0.3, 0.4) is 0 Å². The number of amides is 1. The molecular weight excluding hydrogens is 272 g/mol. The van der Waals surface area contributed by atoms with Gasteiger partial charge in [0, 0.05) is 5.39 Å². The van der Waals surface area contributed by atoms with Crippen LogP contribution >= 0.6 is 0 Å². The van der Waals surface area contributed by atoms with E-state index in [1.807, 2.05) is 0 Å². The summed E-state index contributed by atoms with van der Waals surface area (Å²) in [5.41, 5.74) is 12.3. The van der Waals surface area contributed by atoms with E-state index in [1.165, 1.54) is 18.2 Å². The molecule has 0 saturated carbocycles. The number of anilines is 1. The number of nitrogen functional groups attached to an aromatic ring is 1. The van der Waals surface area contributed by atoms with E-state index in [-0.39, 0.29) is 28.5 Å². The summed E-state index contributed by atoms with van der Waals surface area (Å²) in [7, 11) is 0. The number of phenols is 2. The average Bonchev–Trinajstić information content (AvgIpc) is 2.76. The van der Waals surface area contributed by atoms with E-state index in [0.29, 0.717) is 16.5 Å². The van der Waals surface area contributed by atoms with Gasteiger partial charge in [0.25, 0.3) is 5.91 Å². The lowest BCUT2D eigenvalue weighted by Crippen LogP contribution is -2.11. The zero-order chi connectivity index (χ0) is 15.1. The lowest BCUT2D eigenvalue weighted by molar-refractivity contribution is 0.0977. The van der Waals surface area contributed by atoms with Crippen LogP contribution in [0.1, 0.15) is 10.6 Å². The van der Waals surface area contributed by atoms with Crippen LogP contribution in [0.2, 0.25) is 0 Å². The first-order valence-corrected chi connectivity index (χ1v) is 6.12. The number of aromatic hydroxyl groups is 2. The molecule has 6 N–H and O–H groups in total. The molecule has 0 aliphatic heterocycles. The number of carbonyl (C=O) groups excluding carboxylic acids is 1. The maximum atomic E-state index is 11.2. The summed E-state index contributed by atoms with van der Waals surface area (Å²) in [6, 6.07) is 9.33. The Hall–Kier alpha value is -3.15. The molecule has 0 aliphatic carbocycles. The summed E-state index contributed by atoms with van der Waals surface area (Å²) < 4.78 is 5.34. The van der Waals surface area contributed by atoms with Crippen molar-refractivity contribution in [3.63, 3.8) is 0 Å². The van der Waals surface area contributed by atoms with Crippen LogP contribution < -0.4 is 11.5 Å². The Balaban J connectivity index is 2.25. The van der Waals surface area contributed by atoms with Crippen molar-refractivity contribution in [3.05, 3.63) is 42.2 Å². The summed E-state index contributed by atoms with van der Waals surface area (Å²) >= 11 is 0. The normalized spacial score (nSPS) is 10.9. The van der Waals surface area contributed by atoms with Crippen molar-refractivity contribution < 1.29 is 19.4 Å². The molecule has 1 aromatic heterocycles. The summed E-state index contributed by atoms with van der Waals surface area (Å²) in [5, 5.41) is 20.3. The number of rotatable bonds is 2. The van der Waals surface area contributed by atoms with Gasteiger partial charge in [-0.15, -0.1) is 0 Å². The van der Waals surface area contributed by atoms with Gasteiger partial charge in [-0.3, -0.25) is 4.79 Å². The maximum absolute atomic E-state index is 11.2. The molecule has 1 heterocycles. The molecule has 0 atom stereocenters. The van der Waals surface area contributed by atoms with E-state index in [9.17, 15) is 15.0 Å². The topological polar surface area (TPSA) is 123 Å². The molecule has 106 valence electrons. The molecule has 0 aliphatic rings. The highest BCUT2D eigenvalue weighted by Gasteiger charge is 2.17. The van der Waals surface area contributed by atoms with Gasteiger partial charge in [-0.05, 0) is 29.8 Å². The molecule has 2 aromatic carbocycles. The first-order valence-electron chi connectivity index (χ1n) is 6.12. The number of hydrogen-bond donors (Lipinski definition) is 4. The lowest BCUT2D eigenvalue weighted by Gasteiger charge is -2.07. The second-order valence-corrected chi connectivity index (χ2v) is 4.59. The fourth-order valence-electron chi connectivity index (χ4n) is 2.28. The number of benzene rings is 2. The minimum absolute atomic E-state index is 0.0657. The van der Waals surface area contributed by atoms with E-state index < -0.39 is 5.91 Å². The monoisotopic (exact) mass is 284 g/mol. The van der Waals surface area contributed by atoms with Crippen molar-refractivity contribution in [2.24, 2.45) is 5.73 Å². The highest BCUT2D eigenvalue weighted by molar-refractivity contribution is 6.05. The van der Waals surface area contributed by atoms with E-state index >= 15 is 0 Å². The van der Waals surface area contributed by atoms with E-state index in [2.05, 4.69) is 0 Å². The Morgan fingerprint density at radius 2 is 1.76 bits per heavy atom. The van der Waals surface area contributed by atoms with Gasteiger partial charge < -0.3 is 26.1 Å². The third-order valence-corrected chi connectivity index (χ3v) is 3.26. The number of nitrogens with two attached hydrogens (primary N) is 2. The van der Waals surface area contributed by atoms with Gasteiger partial charge >= 0.3 is 0 Å². The van der Waals surface area contributed by atoms with Crippen LogP contribution in [0.25, 0.3) is 22.1 Å². The van der Waals surface area contributed by atoms with Gasteiger partial charge in [0.2, 0.25) is 5.76 Å². The largest absolute Gasteiger partial charge is 0.507 e. The van der Waals surface area contributed by atoms with Crippen molar-refractivity contribution >= 4 is 22.6 Å². The molecule has 21 heavy (non-hydrogen) atoms. The molecule has 1 amide bonds. The summed E-state index contributed by atoms with van der Waals surface area (Å²) in [4.78, 5) is 11.2. The summed E-state index contributed by atoms with van der Waals surface area (Å²) in [6.07, 6.45) is 0. The second kappa shape index (κ2) is 4.45. The van der Waals surface area contributed by atoms with Crippen molar-refractivity contribution in [3.8, 4) is 22.6 Å². The highest BCUT2D eigenvalue weighted by Crippen LogP contribution is 2.39. The van der Waals surface area contributed by atoms with Gasteiger partial charge in [-0.2, -0.15) is 0 Å². The van der Waals surface area contributed by atoms with Crippen LogP contribution in [0.15, 0.2) is 40.8 Å². The third-order valence-electron chi connectivity index (χ3n) is 3.26. The zero-order valence-electron chi connectivity index (χ0n) is 10.8. The Labute approximate surface area is 119 Å². The minimum atomic E-state index is -0.754. The number of carbonyl (C=O) groups is 1. The van der Waals surface area contributed by atoms with Gasteiger partial charge in [0.1, 0.15) is 17.1 Å². The van der Waals surface area contributed by atoms with Crippen molar-refractivity contribution in [1.82, 2.24) is 0 Å². The van der Waals surface area contributed by atoms with Crippen molar-refractivity contribution in [2.75, 3.05) is 5.73 Å². The average molecular weight is 284 g/mol. The van der Waals surface area contributed by atoms with Crippen LogP contribution in [0.4, 0.5) is 5.69 Å². The molecule has 0 fully saturated rings. The van der Waals surface area contributed by atoms with Crippen LogP contribution in [0, 0.1) is 0 Å². The van der Waals surface area contributed by atoms with E-state index in [1.54, 1.807) is 18.2 Å². The predicted molar refractivity (Wildman–Crippen MR) is 77.9 cm³/mol. The quantitative estimate of drug-likeness (QED) is 0.574. The lowest BCUT2D eigenvalue weighted by atomic mass is 10.0. The molecule has 6 heteroatoms. The number of hydrogen-bond acceptors (Lipinski definition) is 5. The molecular formula is C15H12N2O4. The van der Waals surface area contributed by atoms with E-state index in [0.717, 1.165) is 0 Å². The summed E-state index contributed by atoms with van der Waals surface area (Å²) in [6.45, 7) is 0. The number of fused-ring (bicyclic) bond motifs is 1. The van der Waals surface area contributed by atoms with Gasteiger partial charge in [-0.25, -0.2) is 0 Å². The van der Waals surface area contributed by atoms with E-state index in [4.69, 9.17) is 15.9 Å². The maximum Gasteiger partial charge on any atom is 0.286 e. The number of phenolic OH excluding ortho intramolecular Hbond substituents is 2. The molecule has 6 nitrogen and oxygen atoms in total. The van der Waals surface area contributed by atoms with Gasteiger partial charge in [-0.1, -0.05) is 12.1 Å². The second-order valence-electron chi connectivity index (χ2n) is 4.59. The molecule has 3 rings (SSSR count). The third kappa shape index (κ3) is 1.93. The Kier molecular flexibility index (Phi) is 2.72. The van der Waals surface area contributed by atoms with Crippen molar-refractivity contribution in [1.29, 1.82) is 0 Å². The van der Waals surface area contributed by atoms with Crippen LogP contribution in [0.5, 0.6) is 11.5 Å². The predicted octanol–water partition coefficient (Wildman–Crippen LogP) is 2.19. The fourth-order valence-corrected chi connectivity index (χ4v) is 2.28. The zero-order valence-corrected chi connectivity index (χ0v) is 10.8. The minimum Gasteiger partial charge on any atom is -0.507 e. The molecule has 0 radical (unpaired) electrons. The number of furan rings is 1. The Bertz CT molecular complexity index is 847. The van der Waals surface area contributed by atoms with Crippen LogP contribution in [-0.4, -0.2) is 16.1 Å². The Morgan fingerprint density at radius 3 is 2.38 bits per heavy atom.